The van der Waals surface area contributed by atoms with Gasteiger partial charge in [-0.25, -0.2) is 0 Å². The molecule has 2 rings (SSSR count). The molecule has 0 saturated carbocycles. The van der Waals surface area contributed by atoms with Gasteiger partial charge in [0.1, 0.15) is 0 Å². The Bertz CT molecular complexity index is 1020. The molecule has 0 atom stereocenters. The Kier molecular flexibility index (Phi) is 16.0. The molecule has 8 nitrogen and oxygen atoms in total. The van der Waals surface area contributed by atoms with Crippen LogP contribution in [0.1, 0.15) is 45.1 Å². The van der Waals surface area contributed by atoms with Gasteiger partial charge in [-0.15, -0.1) is 0 Å². The number of para-hydroxylation sites is 1. The Morgan fingerprint density at radius 3 is 2.15 bits per heavy atom. The maximum Gasteiger partial charge on any atom is 0.227 e. The molecule has 1 aliphatic heterocycles. The monoisotopic (exact) mass is 555 g/mol. The van der Waals surface area contributed by atoms with Crippen molar-refractivity contribution in [1.82, 2.24) is 4.90 Å². The number of nitrogens with two attached hydrogens (primary N) is 1. The van der Waals surface area contributed by atoms with E-state index in [-0.39, 0.29) is 5.91 Å². The number of nitrogens with zero attached hydrogens (tertiary/aromatic N) is 2. The highest BCUT2D eigenvalue weighted by molar-refractivity contribution is 5.98. The van der Waals surface area contributed by atoms with Gasteiger partial charge in [0.25, 0.3) is 0 Å². The Morgan fingerprint density at radius 2 is 1.57 bits per heavy atom. The number of unbranched alkanes of at least 4 members (excludes halogenated alkanes) is 1. The molecule has 2 N–H and O–H groups in total. The van der Waals surface area contributed by atoms with E-state index in [0.29, 0.717) is 64.9 Å². The average Bonchev–Trinajstić information content (AvgIpc) is 2.93. The van der Waals surface area contributed by atoms with Crippen LogP contribution in [0, 0.1) is 0 Å². The molecule has 1 heterocycles. The fraction of sp³-hybridized carbons (Fsp3) is 0.531. The van der Waals surface area contributed by atoms with Gasteiger partial charge in [-0.3, -0.25) is 4.79 Å². The number of hydrogen-bond donors (Lipinski definition) is 1. The van der Waals surface area contributed by atoms with Crippen molar-refractivity contribution in [1.29, 1.82) is 0 Å². The predicted molar refractivity (Wildman–Crippen MR) is 163 cm³/mol. The van der Waals surface area contributed by atoms with Gasteiger partial charge in [-0.05, 0) is 37.8 Å². The van der Waals surface area contributed by atoms with E-state index in [1.54, 1.807) is 6.08 Å². The van der Waals surface area contributed by atoms with Gasteiger partial charge in [0.2, 0.25) is 5.91 Å². The molecule has 0 saturated heterocycles. The smallest absolute Gasteiger partial charge is 0.227 e. The second kappa shape index (κ2) is 19.2. The second-order valence-corrected chi connectivity index (χ2v) is 9.70. The van der Waals surface area contributed by atoms with Crippen molar-refractivity contribution in [3.63, 3.8) is 0 Å². The van der Waals surface area contributed by atoms with Gasteiger partial charge in [0.05, 0.1) is 63.3 Å². The zero-order chi connectivity index (χ0) is 29.2. The third-order valence-electron chi connectivity index (χ3n) is 6.38. The lowest BCUT2D eigenvalue weighted by atomic mass is 9.95. The quantitative estimate of drug-likeness (QED) is 0.242. The minimum atomic E-state index is 0.0693. The van der Waals surface area contributed by atoms with E-state index in [4.69, 9.17) is 24.7 Å². The van der Waals surface area contributed by atoms with Crippen molar-refractivity contribution in [2.45, 2.75) is 39.5 Å². The van der Waals surface area contributed by atoms with Crippen LogP contribution in [0.25, 0.3) is 5.70 Å². The normalized spacial score (nSPS) is 17.6. The number of hydrogen-bond acceptors (Lipinski definition) is 7. The Balaban J connectivity index is 1.87. The first-order valence-electron chi connectivity index (χ1n) is 14.3. The number of carbonyl (C=O) groups is 1. The lowest BCUT2D eigenvalue weighted by Crippen LogP contribution is -2.35. The maximum absolute atomic E-state index is 13.6. The van der Waals surface area contributed by atoms with E-state index in [2.05, 4.69) is 13.5 Å². The molecule has 0 unspecified atom stereocenters. The van der Waals surface area contributed by atoms with Crippen LogP contribution in [-0.4, -0.2) is 84.3 Å². The maximum atomic E-state index is 13.6. The van der Waals surface area contributed by atoms with Gasteiger partial charge in [-0.2, -0.15) is 0 Å². The molecule has 1 aliphatic rings. The lowest BCUT2D eigenvalue weighted by molar-refractivity contribution is -0.118. The lowest BCUT2D eigenvalue weighted by Gasteiger charge is -2.32. The molecule has 1 aromatic carbocycles. The zero-order valence-corrected chi connectivity index (χ0v) is 25.0. The van der Waals surface area contributed by atoms with E-state index in [0.717, 1.165) is 54.0 Å². The van der Waals surface area contributed by atoms with Crippen molar-refractivity contribution in [2.24, 2.45) is 5.73 Å². The van der Waals surface area contributed by atoms with Crippen molar-refractivity contribution >= 4 is 17.3 Å². The van der Waals surface area contributed by atoms with Gasteiger partial charge >= 0.3 is 0 Å². The van der Waals surface area contributed by atoms with E-state index >= 15 is 0 Å². The third kappa shape index (κ3) is 10.6. The summed E-state index contributed by atoms with van der Waals surface area (Å²) in [6, 6.07) is 7.94. The van der Waals surface area contributed by atoms with E-state index in [1.807, 2.05) is 67.2 Å². The molecule has 0 spiro atoms. The van der Waals surface area contributed by atoms with Crippen LogP contribution in [0.5, 0.6) is 0 Å². The average molecular weight is 556 g/mol. The Hall–Kier alpha value is -2.91. The zero-order valence-electron chi connectivity index (χ0n) is 25.0. The number of rotatable bonds is 19. The second-order valence-electron chi connectivity index (χ2n) is 9.70. The summed E-state index contributed by atoms with van der Waals surface area (Å²) < 4.78 is 22.0. The summed E-state index contributed by atoms with van der Waals surface area (Å²) in [5.74, 6) is 0.0693. The van der Waals surface area contributed by atoms with Gasteiger partial charge < -0.3 is 34.5 Å². The first-order valence-corrected chi connectivity index (χ1v) is 14.3. The summed E-state index contributed by atoms with van der Waals surface area (Å²) in [6.07, 6.45) is 8.74. The summed E-state index contributed by atoms with van der Waals surface area (Å²) in [6.45, 7) is 13.2. The number of amides is 1. The highest BCUT2D eigenvalue weighted by atomic mass is 16.6. The minimum Gasteiger partial charge on any atom is -0.397 e. The van der Waals surface area contributed by atoms with Gasteiger partial charge in [0, 0.05) is 44.9 Å². The summed E-state index contributed by atoms with van der Waals surface area (Å²) >= 11 is 0. The molecular weight excluding hydrogens is 506 g/mol. The number of benzene rings is 1. The molecule has 222 valence electrons. The first kappa shape index (κ1) is 33.3. The summed E-state index contributed by atoms with van der Waals surface area (Å²) in [5, 5.41) is 0. The number of carbonyl (C=O) groups excluding carboxylic acids is 1. The van der Waals surface area contributed by atoms with Crippen molar-refractivity contribution in [3.05, 3.63) is 71.5 Å². The van der Waals surface area contributed by atoms with Gasteiger partial charge in [0.15, 0.2) is 0 Å². The molecule has 1 amide bonds. The van der Waals surface area contributed by atoms with E-state index in [1.165, 1.54) is 0 Å². The number of anilines is 1. The number of fused-ring (bicyclic) bond motifs is 1. The van der Waals surface area contributed by atoms with Crippen LogP contribution in [0.4, 0.5) is 5.69 Å². The molecule has 0 bridgehead atoms. The van der Waals surface area contributed by atoms with Crippen molar-refractivity contribution in [2.75, 3.05) is 78.4 Å². The summed E-state index contributed by atoms with van der Waals surface area (Å²) in [7, 11) is 3.93. The van der Waals surface area contributed by atoms with Gasteiger partial charge in [-0.1, -0.05) is 49.9 Å². The molecule has 0 radical (unpaired) electrons. The largest absolute Gasteiger partial charge is 0.397 e. The summed E-state index contributed by atoms with van der Waals surface area (Å²) in [4.78, 5) is 17.4. The first-order chi connectivity index (χ1) is 19.5. The molecule has 40 heavy (non-hydrogen) atoms. The van der Waals surface area contributed by atoms with E-state index in [9.17, 15) is 4.79 Å². The van der Waals surface area contributed by atoms with Crippen LogP contribution in [0.3, 0.4) is 0 Å². The van der Waals surface area contributed by atoms with Crippen molar-refractivity contribution < 1.29 is 23.7 Å². The predicted octanol–water partition coefficient (Wildman–Crippen LogP) is 4.93. The van der Waals surface area contributed by atoms with Crippen LogP contribution >= 0.6 is 0 Å². The van der Waals surface area contributed by atoms with Crippen molar-refractivity contribution in [3.8, 4) is 0 Å². The van der Waals surface area contributed by atoms with E-state index < -0.39 is 0 Å². The number of ether oxygens (including phenoxy) is 4. The molecule has 0 fully saturated rings. The molecule has 8 heteroatoms. The minimum absolute atomic E-state index is 0.0693. The Labute approximate surface area is 241 Å². The topological polar surface area (TPSA) is 86.5 Å². The SMILES string of the molecule is C=CC1=C(\C=C/C)CN(C(=O)CCCCOCCOCCOCCOCCC)c2ccccc2/C(N(C)C)=C\1N. The fourth-order valence-corrected chi connectivity index (χ4v) is 4.51. The third-order valence-corrected chi connectivity index (χ3v) is 6.38. The molecule has 0 aromatic heterocycles. The van der Waals surface area contributed by atoms with Crippen LogP contribution in [0.2, 0.25) is 0 Å². The number of allylic oxidation sites excluding steroid dienone is 2. The molecule has 0 aliphatic carbocycles. The molecule has 1 aromatic rings. The standard InChI is InChI=1S/C32H49N3O5/c1-6-13-26-25-35(29-15-10-9-14-28(29)32(34(4)5)31(33)27(26)8-3)30(36)16-11-12-18-38-20-22-40-24-23-39-21-19-37-17-7-2/h6,8-10,13-15H,3,7,11-12,16-25,33H2,1-2,4-5H3/b13-6-,27-26-,32-31-. The summed E-state index contributed by atoms with van der Waals surface area (Å²) in [5.41, 5.74) is 11.8. The molecular formula is C32H49N3O5. The Morgan fingerprint density at radius 1 is 0.975 bits per heavy atom. The van der Waals surface area contributed by atoms with Crippen LogP contribution < -0.4 is 10.6 Å². The highest BCUT2D eigenvalue weighted by Crippen LogP contribution is 2.36. The fourth-order valence-electron chi connectivity index (χ4n) is 4.51. The van der Waals surface area contributed by atoms with Crippen LogP contribution in [-0.2, 0) is 23.7 Å². The van der Waals surface area contributed by atoms with Crippen LogP contribution in [0.15, 0.2) is 65.9 Å². The highest BCUT2D eigenvalue weighted by Gasteiger charge is 2.26.